The smallest absolute Gasteiger partial charge is 0.365 e. The van der Waals surface area contributed by atoms with Crippen LogP contribution < -0.4 is 11.1 Å². The molecule has 0 aliphatic rings. The van der Waals surface area contributed by atoms with Crippen molar-refractivity contribution in [2.75, 3.05) is 5.32 Å². The van der Waals surface area contributed by atoms with Crippen molar-refractivity contribution in [1.29, 1.82) is 0 Å². The minimum absolute atomic E-state index is 0.00595. The molecule has 2 amide bonds. The van der Waals surface area contributed by atoms with Crippen LogP contribution in [-0.4, -0.2) is 36.4 Å². The Hall–Kier alpha value is -3.74. The van der Waals surface area contributed by atoms with E-state index in [9.17, 15) is 22.8 Å². The number of nitrogens with two attached hydrogens (primary N) is 1. The zero-order chi connectivity index (χ0) is 24.1. The predicted molar refractivity (Wildman–Crippen MR) is 116 cm³/mol. The number of alkyl halides is 3. The Kier molecular flexibility index (Phi) is 5.44. The SMILES string of the molecule is CCn1ncc(-c2cc(C(F)(F)F)nc3sc(C(N)=O)c(NC(=O)c4ccnn4C)c23)c1C. The molecule has 0 bridgehead atoms. The molecule has 3 N–H and O–H groups in total. The van der Waals surface area contributed by atoms with Crippen LogP contribution in [0.25, 0.3) is 21.3 Å². The van der Waals surface area contributed by atoms with Crippen LogP contribution in [0.5, 0.6) is 0 Å². The molecule has 4 aromatic heterocycles. The third kappa shape index (κ3) is 3.84. The number of hydrogen-bond donors (Lipinski definition) is 2. The molecule has 172 valence electrons. The molecule has 0 unspecified atom stereocenters. The molecule has 0 fully saturated rings. The van der Waals surface area contributed by atoms with Crippen LogP contribution in [0.2, 0.25) is 0 Å². The monoisotopic (exact) mass is 477 g/mol. The molecule has 0 aliphatic carbocycles. The van der Waals surface area contributed by atoms with Crippen molar-refractivity contribution in [2.24, 2.45) is 12.8 Å². The van der Waals surface area contributed by atoms with E-state index in [1.165, 1.54) is 23.1 Å². The van der Waals surface area contributed by atoms with Gasteiger partial charge in [0.15, 0.2) is 0 Å². The summed E-state index contributed by atoms with van der Waals surface area (Å²) in [6.45, 7) is 4.08. The first-order chi connectivity index (χ1) is 15.5. The summed E-state index contributed by atoms with van der Waals surface area (Å²) in [5.74, 6) is -1.51. The summed E-state index contributed by atoms with van der Waals surface area (Å²) in [5, 5.41) is 11.0. The van der Waals surface area contributed by atoms with Crippen LogP contribution >= 0.6 is 11.3 Å². The molecule has 0 radical (unpaired) electrons. The Morgan fingerprint density at radius 3 is 2.52 bits per heavy atom. The van der Waals surface area contributed by atoms with Crippen LogP contribution in [0.15, 0.2) is 24.5 Å². The standard InChI is InChI=1S/C20H18F3N7O2S/c1-4-30-9(2)11(8-26-30)10-7-13(20(21,22)23)27-19-14(10)15(16(33-19)17(24)31)28-18(32)12-5-6-25-29(12)3/h5-8H,4H2,1-3H3,(H2,24,31)(H,28,32). The highest BCUT2D eigenvalue weighted by Gasteiger charge is 2.35. The number of halogens is 3. The van der Waals surface area contributed by atoms with E-state index in [1.807, 2.05) is 6.92 Å². The Morgan fingerprint density at radius 2 is 1.97 bits per heavy atom. The van der Waals surface area contributed by atoms with Crippen molar-refractivity contribution < 1.29 is 22.8 Å². The maximum atomic E-state index is 13.6. The molecule has 4 rings (SSSR count). The van der Waals surface area contributed by atoms with Crippen LogP contribution in [-0.2, 0) is 19.8 Å². The zero-order valence-electron chi connectivity index (χ0n) is 17.7. The van der Waals surface area contributed by atoms with Crippen molar-refractivity contribution in [2.45, 2.75) is 26.6 Å². The van der Waals surface area contributed by atoms with Crippen LogP contribution in [0, 0.1) is 6.92 Å². The molecule has 0 saturated heterocycles. The van der Waals surface area contributed by atoms with Crippen molar-refractivity contribution >= 4 is 39.1 Å². The second kappa shape index (κ2) is 7.99. The molecule has 4 heterocycles. The first-order valence-electron chi connectivity index (χ1n) is 9.69. The normalized spacial score (nSPS) is 11.8. The number of aryl methyl sites for hydroxylation is 2. The third-order valence-electron chi connectivity index (χ3n) is 5.16. The number of hydrogen-bond acceptors (Lipinski definition) is 6. The summed E-state index contributed by atoms with van der Waals surface area (Å²) in [6.07, 6.45) is -1.87. The van der Waals surface area contributed by atoms with Gasteiger partial charge < -0.3 is 11.1 Å². The number of nitrogens with one attached hydrogen (secondary N) is 1. The second-order valence-corrected chi connectivity index (χ2v) is 8.16. The summed E-state index contributed by atoms with van der Waals surface area (Å²) in [4.78, 5) is 28.6. The van der Waals surface area contributed by atoms with Crippen molar-refractivity contribution in [3.05, 3.63) is 46.5 Å². The quantitative estimate of drug-likeness (QED) is 0.455. The molecular weight excluding hydrogens is 459 g/mol. The van der Waals surface area contributed by atoms with Gasteiger partial charge in [0.25, 0.3) is 11.8 Å². The maximum Gasteiger partial charge on any atom is 0.433 e. The average Bonchev–Trinajstić information content (AvgIpc) is 3.43. The minimum atomic E-state index is -4.73. The lowest BCUT2D eigenvalue weighted by Gasteiger charge is -2.12. The number of pyridine rings is 1. The molecule has 33 heavy (non-hydrogen) atoms. The van der Waals surface area contributed by atoms with Gasteiger partial charge in [-0.25, -0.2) is 4.98 Å². The predicted octanol–water partition coefficient (Wildman–Crippen LogP) is 3.59. The maximum absolute atomic E-state index is 13.6. The number of rotatable bonds is 5. The fraction of sp³-hybridized carbons (Fsp3) is 0.250. The van der Waals surface area contributed by atoms with E-state index < -0.39 is 23.7 Å². The number of nitrogens with zero attached hydrogens (tertiary/aromatic N) is 5. The van der Waals surface area contributed by atoms with Gasteiger partial charge in [-0.3, -0.25) is 19.0 Å². The molecule has 0 atom stereocenters. The third-order valence-corrected chi connectivity index (χ3v) is 6.26. The van der Waals surface area contributed by atoms with E-state index >= 15 is 0 Å². The van der Waals surface area contributed by atoms with Gasteiger partial charge in [0, 0.05) is 36.4 Å². The molecule has 0 aliphatic heterocycles. The Balaban J connectivity index is 2.03. The van der Waals surface area contributed by atoms with Gasteiger partial charge in [-0.1, -0.05) is 0 Å². The van der Waals surface area contributed by atoms with Crippen LogP contribution in [0.4, 0.5) is 18.9 Å². The first kappa shape index (κ1) is 22.5. The highest BCUT2D eigenvalue weighted by molar-refractivity contribution is 7.21. The number of carbonyl (C=O) groups excluding carboxylic acids is 2. The van der Waals surface area contributed by atoms with E-state index in [0.717, 1.165) is 6.07 Å². The molecular formula is C20H18F3N7O2S. The van der Waals surface area contributed by atoms with Crippen molar-refractivity contribution in [3.63, 3.8) is 0 Å². The van der Waals surface area contributed by atoms with Gasteiger partial charge >= 0.3 is 6.18 Å². The summed E-state index contributed by atoms with van der Waals surface area (Å²) in [5.41, 5.74) is 5.72. The number of thiophene rings is 1. The van der Waals surface area contributed by atoms with E-state index in [0.29, 0.717) is 29.1 Å². The molecule has 4 aromatic rings. The number of fused-ring (bicyclic) bond motifs is 1. The zero-order valence-corrected chi connectivity index (χ0v) is 18.5. The van der Waals surface area contributed by atoms with Gasteiger partial charge in [0.1, 0.15) is 21.1 Å². The van der Waals surface area contributed by atoms with Gasteiger partial charge in [-0.2, -0.15) is 23.4 Å². The summed E-state index contributed by atoms with van der Waals surface area (Å²) < 4.78 is 43.9. The van der Waals surface area contributed by atoms with Crippen LogP contribution in [0.3, 0.4) is 0 Å². The summed E-state index contributed by atoms with van der Waals surface area (Å²) in [6, 6.07) is 2.35. The Morgan fingerprint density at radius 1 is 1.24 bits per heavy atom. The van der Waals surface area contributed by atoms with Crippen LogP contribution in [0.1, 0.15) is 38.5 Å². The molecule has 13 heteroatoms. The Labute approximate surface area is 189 Å². The van der Waals surface area contributed by atoms with E-state index in [-0.39, 0.29) is 32.0 Å². The lowest BCUT2D eigenvalue weighted by Crippen LogP contribution is -2.19. The van der Waals surface area contributed by atoms with E-state index in [2.05, 4.69) is 20.5 Å². The highest BCUT2D eigenvalue weighted by atomic mass is 32.1. The number of carbonyl (C=O) groups is 2. The largest absolute Gasteiger partial charge is 0.433 e. The van der Waals surface area contributed by atoms with Gasteiger partial charge in [-0.15, -0.1) is 11.3 Å². The highest BCUT2D eigenvalue weighted by Crippen LogP contribution is 2.44. The summed E-state index contributed by atoms with van der Waals surface area (Å²) in [7, 11) is 1.56. The van der Waals surface area contributed by atoms with Crippen molar-refractivity contribution in [1.82, 2.24) is 24.5 Å². The second-order valence-electron chi connectivity index (χ2n) is 7.16. The molecule has 0 spiro atoms. The fourth-order valence-electron chi connectivity index (χ4n) is 3.55. The molecule has 9 nitrogen and oxygen atoms in total. The Bertz CT molecular complexity index is 1400. The van der Waals surface area contributed by atoms with E-state index in [4.69, 9.17) is 5.73 Å². The lowest BCUT2D eigenvalue weighted by atomic mass is 10.0. The van der Waals surface area contributed by atoms with Gasteiger partial charge in [0.2, 0.25) is 0 Å². The van der Waals surface area contributed by atoms with E-state index in [1.54, 1.807) is 18.7 Å². The topological polar surface area (TPSA) is 121 Å². The van der Waals surface area contributed by atoms with Crippen molar-refractivity contribution in [3.8, 4) is 11.1 Å². The number of anilines is 1. The van der Waals surface area contributed by atoms with Gasteiger partial charge in [0.05, 0.1) is 11.9 Å². The average molecular weight is 477 g/mol. The number of amides is 2. The fourth-order valence-corrected chi connectivity index (χ4v) is 4.56. The molecule has 0 aromatic carbocycles. The van der Waals surface area contributed by atoms with Gasteiger partial charge in [-0.05, 0) is 31.5 Å². The minimum Gasteiger partial charge on any atom is -0.365 e. The number of aromatic nitrogens is 5. The molecule has 0 saturated carbocycles. The lowest BCUT2D eigenvalue weighted by molar-refractivity contribution is -0.140. The first-order valence-corrected chi connectivity index (χ1v) is 10.5. The number of primary amides is 1. The summed E-state index contributed by atoms with van der Waals surface area (Å²) >= 11 is 0.683.